The second kappa shape index (κ2) is 6.66. The number of nitrogens with zero attached hydrogens (tertiary/aromatic N) is 1. The number of sulfone groups is 1. The Kier molecular flexibility index (Phi) is 5.36. The van der Waals surface area contributed by atoms with Crippen molar-refractivity contribution in [2.24, 2.45) is 5.73 Å². The van der Waals surface area contributed by atoms with E-state index in [4.69, 9.17) is 17.3 Å². The van der Waals surface area contributed by atoms with Gasteiger partial charge in [0, 0.05) is 41.9 Å². The zero-order chi connectivity index (χ0) is 14.8. The molecule has 4 nitrogen and oxygen atoms in total. The van der Waals surface area contributed by atoms with Crippen molar-refractivity contribution < 1.29 is 8.42 Å². The van der Waals surface area contributed by atoms with Crippen molar-refractivity contribution >= 4 is 33.2 Å². The summed E-state index contributed by atoms with van der Waals surface area (Å²) < 4.78 is 24.0. The number of thioether (sulfide) groups is 1. The van der Waals surface area contributed by atoms with E-state index < -0.39 is 15.2 Å². The van der Waals surface area contributed by atoms with Crippen molar-refractivity contribution in [3.63, 3.8) is 0 Å². The van der Waals surface area contributed by atoms with E-state index in [0.717, 1.165) is 11.3 Å². The maximum absolute atomic E-state index is 12.0. The van der Waals surface area contributed by atoms with E-state index in [1.165, 1.54) is 6.26 Å². The number of hydrogen-bond donors (Lipinski definition) is 1. The van der Waals surface area contributed by atoms with Gasteiger partial charge >= 0.3 is 0 Å². The van der Waals surface area contributed by atoms with E-state index in [1.807, 2.05) is 29.2 Å². The number of nitrogens with two attached hydrogens (primary N) is 1. The SMILES string of the molecule is CS(=O)(=O)C1CSCCN1C(CN)c1ccccc1Cl. The first kappa shape index (κ1) is 16.1. The Hall–Kier alpha value is -0.270. The van der Waals surface area contributed by atoms with Crippen LogP contribution < -0.4 is 5.73 Å². The van der Waals surface area contributed by atoms with Gasteiger partial charge in [0.1, 0.15) is 5.37 Å². The summed E-state index contributed by atoms with van der Waals surface area (Å²) >= 11 is 7.91. The molecule has 2 atom stereocenters. The predicted octanol–water partition coefficient (Wildman–Crippen LogP) is 1.76. The molecule has 1 saturated heterocycles. The Bertz CT molecular complexity index is 565. The molecule has 2 rings (SSSR count). The molecule has 112 valence electrons. The number of hydrogen-bond acceptors (Lipinski definition) is 5. The Labute approximate surface area is 129 Å². The molecule has 0 saturated carbocycles. The van der Waals surface area contributed by atoms with Gasteiger partial charge < -0.3 is 5.73 Å². The molecule has 1 fully saturated rings. The van der Waals surface area contributed by atoms with Gasteiger partial charge in [-0.05, 0) is 11.6 Å². The summed E-state index contributed by atoms with van der Waals surface area (Å²) in [5, 5.41) is 0.138. The van der Waals surface area contributed by atoms with E-state index in [9.17, 15) is 8.42 Å². The molecular formula is C13H19ClN2O2S2. The minimum Gasteiger partial charge on any atom is -0.329 e. The summed E-state index contributed by atoms with van der Waals surface area (Å²) in [6.07, 6.45) is 1.29. The summed E-state index contributed by atoms with van der Waals surface area (Å²) in [5.41, 5.74) is 6.81. The van der Waals surface area contributed by atoms with E-state index in [-0.39, 0.29) is 6.04 Å². The van der Waals surface area contributed by atoms with E-state index >= 15 is 0 Å². The minimum atomic E-state index is -3.14. The molecule has 0 aromatic heterocycles. The maximum Gasteiger partial charge on any atom is 0.164 e. The standard InChI is InChI=1S/C13H19ClN2O2S2/c1-20(17,18)13-9-19-7-6-16(13)12(8-15)10-4-2-3-5-11(10)14/h2-5,12-13H,6-9,15H2,1H3. The zero-order valence-electron chi connectivity index (χ0n) is 11.3. The van der Waals surface area contributed by atoms with Crippen LogP contribution in [0.2, 0.25) is 5.02 Å². The third kappa shape index (κ3) is 3.49. The van der Waals surface area contributed by atoms with Crippen LogP contribution in [0.15, 0.2) is 24.3 Å². The van der Waals surface area contributed by atoms with E-state index in [0.29, 0.717) is 23.9 Å². The largest absolute Gasteiger partial charge is 0.329 e. The first-order chi connectivity index (χ1) is 9.45. The molecule has 1 aliphatic heterocycles. The van der Waals surface area contributed by atoms with Crippen LogP contribution in [0.1, 0.15) is 11.6 Å². The molecule has 0 bridgehead atoms. The monoisotopic (exact) mass is 334 g/mol. The highest BCUT2D eigenvalue weighted by Crippen LogP contribution is 2.32. The second-order valence-electron chi connectivity index (χ2n) is 4.87. The Morgan fingerprint density at radius 2 is 2.20 bits per heavy atom. The van der Waals surface area contributed by atoms with Crippen LogP contribution in [-0.4, -0.2) is 49.5 Å². The lowest BCUT2D eigenvalue weighted by Crippen LogP contribution is -2.50. The highest BCUT2D eigenvalue weighted by molar-refractivity contribution is 8.00. The molecule has 1 heterocycles. The molecule has 2 N–H and O–H groups in total. The van der Waals surface area contributed by atoms with Gasteiger partial charge in [-0.2, -0.15) is 11.8 Å². The average Bonchev–Trinajstić information content (AvgIpc) is 2.41. The van der Waals surface area contributed by atoms with Crippen molar-refractivity contribution in [2.45, 2.75) is 11.4 Å². The summed E-state index contributed by atoms with van der Waals surface area (Å²) in [7, 11) is -3.14. The fourth-order valence-corrected chi connectivity index (χ4v) is 5.69. The highest BCUT2D eigenvalue weighted by atomic mass is 35.5. The number of halogens is 1. The van der Waals surface area contributed by atoms with Crippen LogP contribution in [0.3, 0.4) is 0 Å². The Morgan fingerprint density at radius 1 is 1.50 bits per heavy atom. The quantitative estimate of drug-likeness (QED) is 0.909. The molecule has 0 amide bonds. The molecular weight excluding hydrogens is 316 g/mol. The van der Waals surface area contributed by atoms with Crippen LogP contribution in [0, 0.1) is 0 Å². The van der Waals surface area contributed by atoms with Crippen molar-refractivity contribution in [1.82, 2.24) is 4.90 Å². The third-order valence-electron chi connectivity index (χ3n) is 3.51. The average molecular weight is 335 g/mol. The lowest BCUT2D eigenvalue weighted by Gasteiger charge is -2.39. The minimum absolute atomic E-state index is 0.163. The van der Waals surface area contributed by atoms with Gasteiger partial charge in [-0.1, -0.05) is 29.8 Å². The van der Waals surface area contributed by atoms with Crippen molar-refractivity contribution in [1.29, 1.82) is 0 Å². The van der Waals surface area contributed by atoms with Crippen molar-refractivity contribution in [3.8, 4) is 0 Å². The first-order valence-electron chi connectivity index (χ1n) is 6.42. The van der Waals surface area contributed by atoms with Crippen LogP contribution in [0.25, 0.3) is 0 Å². The zero-order valence-corrected chi connectivity index (χ0v) is 13.7. The Morgan fingerprint density at radius 3 is 2.80 bits per heavy atom. The fraction of sp³-hybridized carbons (Fsp3) is 0.538. The first-order valence-corrected chi connectivity index (χ1v) is 9.90. The van der Waals surface area contributed by atoms with Gasteiger partial charge in [-0.25, -0.2) is 8.42 Å². The van der Waals surface area contributed by atoms with Crippen LogP contribution in [0.4, 0.5) is 0 Å². The summed E-state index contributed by atoms with van der Waals surface area (Å²) in [6.45, 7) is 1.05. The summed E-state index contributed by atoms with van der Waals surface area (Å²) in [6, 6.07) is 7.33. The van der Waals surface area contributed by atoms with E-state index in [2.05, 4.69) is 0 Å². The molecule has 20 heavy (non-hydrogen) atoms. The predicted molar refractivity (Wildman–Crippen MR) is 85.9 cm³/mol. The molecule has 0 spiro atoms. The normalized spacial score (nSPS) is 22.6. The second-order valence-corrected chi connectivity index (χ2v) is 8.63. The van der Waals surface area contributed by atoms with Gasteiger partial charge in [0.25, 0.3) is 0 Å². The van der Waals surface area contributed by atoms with Crippen LogP contribution >= 0.6 is 23.4 Å². The van der Waals surface area contributed by atoms with Gasteiger partial charge in [0.2, 0.25) is 0 Å². The van der Waals surface area contributed by atoms with E-state index in [1.54, 1.807) is 11.8 Å². The smallest absolute Gasteiger partial charge is 0.164 e. The molecule has 0 radical (unpaired) electrons. The molecule has 1 aliphatic rings. The summed E-state index contributed by atoms with van der Waals surface area (Å²) in [4.78, 5) is 1.98. The van der Waals surface area contributed by atoms with Crippen LogP contribution in [0.5, 0.6) is 0 Å². The molecule has 1 aromatic carbocycles. The topological polar surface area (TPSA) is 63.4 Å². The van der Waals surface area contributed by atoms with Crippen molar-refractivity contribution in [2.75, 3.05) is 30.9 Å². The number of rotatable bonds is 4. The lowest BCUT2D eigenvalue weighted by atomic mass is 10.1. The molecule has 0 aliphatic carbocycles. The Balaban J connectivity index is 2.37. The molecule has 2 unspecified atom stereocenters. The fourth-order valence-electron chi connectivity index (χ4n) is 2.51. The maximum atomic E-state index is 12.0. The molecule has 1 aromatic rings. The summed E-state index contributed by atoms with van der Waals surface area (Å²) in [5.74, 6) is 1.49. The van der Waals surface area contributed by atoms with Gasteiger partial charge in [-0.15, -0.1) is 0 Å². The van der Waals surface area contributed by atoms with Gasteiger partial charge in [0.15, 0.2) is 9.84 Å². The third-order valence-corrected chi connectivity index (χ3v) is 6.51. The van der Waals surface area contributed by atoms with Crippen LogP contribution in [-0.2, 0) is 9.84 Å². The molecule has 7 heteroatoms. The highest BCUT2D eigenvalue weighted by Gasteiger charge is 2.36. The van der Waals surface area contributed by atoms with Gasteiger partial charge in [-0.3, -0.25) is 4.90 Å². The number of benzene rings is 1. The van der Waals surface area contributed by atoms with Crippen molar-refractivity contribution in [3.05, 3.63) is 34.9 Å². The lowest BCUT2D eigenvalue weighted by molar-refractivity contribution is 0.198. The van der Waals surface area contributed by atoms with Gasteiger partial charge in [0.05, 0.1) is 0 Å².